The van der Waals surface area contributed by atoms with Crippen LogP contribution in [-0.4, -0.2) is 49.7 Å². The summed E-state index contributed by atoms with van der Waals surface area (Å²) in [6.07, 6.45) is 0.855. The third-order valence-corrected chi connectivity index (χ3v) is 4.89. The number of amides is 1. The minimum absolute atomic E-state index is 0.158. The minimum Gasteiger partial charge on any atom is -0.493 e. The number of hydrogen-bond acceptors (Lipinski definition) is 4. The standard InChI is InChI=1S/C23H29NO5/c1-16-6-5-7-18(12-16)13-19(15-22(25)26)23(27)24(2)11-10-17-8-9-20(28-3)21(14-17)29-4/h5-9,12,14,19H,10-11,13,15H2,1-4H3,(H,25,26). The summed E-state index contributed by atoms with van der Waals surface area (Å²) >= 11 is 0. The molecule has 0 aliphatic heterocycles. The van der Waals surface area contributed by atoms with Gasteiger partial charge in [0.05, 0.1) is 26.6 Å². The van der Waals surface area contributed by atoms with Crippen molar-refractivity contribution in [3.63, 3.8) is 0 Å². The predicted molar refractivity (Wildman–Crippen MR) is 112 cm³/mol. The maximum absolute atomic E-state index is 12.9. The van der Waals surface area contributed by atoms with E-state index in [1.54, 1.807) is 26.2 Å². The molecule has 0 saturated carbocycles. The highest BCUT2D eigenvalue weighted by molar-refractivity contribution is 5.83. The Morgan fingerprint density at radius 3 is 2.38 bits per heavy atom. The van der Waals surface area contributed by atoms with E-state index >= 15 is 0 Å². The molecule has 156 valence electrons. The summed E-state index contributed by atoms with van der Waals surface area (Å²) in [6.45, 7) is 2.46. The number of carboxylic acids is 1. The fourth-order valence-corrected chi connectivity index (χ4v) is 3.34. The van der Waals surface area contributed by atoms with Crippen molar-refractivity contribution >= 4 is 11.9 Å². The quantitative estimate of drug-likeness (QED) is 0.663. The number of ether oxygens (including phenoxy) is 2. The molecule has 1 N–H and O–H groups in total. The SMILES string of the molecule is COc1ccc(CCN(C)C(=O)C(CC(=O)O)Cc2cccc(C)c2)cc1OC. The van der Waals surface area contributed by atoms with Gasteiger partial charge in [0.25, 0.3) is 0 Å². The van der Waals surface area contributed by atoms with Crippen LogP contribution in [0.2, 0.25) is 0 Å². The van der Waals surface area contributed by atoms with Crippen LogP contribution in [0.4, 0.5) is 0 Å². The summed E-state index contributed by atoms with van der Waals surface area (Å²) in [7, 11) is 4.88. The first-order valence-corrected chi connectivity index (χ1v) is 9.57. The van der Waals surface area contributed by atoms with E-state index in [1.165, 1.54) is 0 Å². The molecule has 0 heterocycles. The van der Waals surface area contributed by atoms with E-state index in [9.17, 15) is 14.7 Å². The molecule has 0 aliphatic rings. The Balaban J connectivity index is 2.05. The molecule has 0 aliphatic carbocycles. The topological polar surface area (TPSA) is 76.1 Å². The predicted octanol–water partition coefficient (Wildman–Crippen LogP) is 3.35. The zero-order valence-electron chi connectivity index (χ0n) is 17.5. The Kier molecular flexibility index (Phi) is 8.07. The van der Waals surface area contributed by atoms with Gasteiger partial charge in [-0.1, -0.05) is 35.9 Å². The minimum atomic E-state index is -0.968. The van der Waals surface area contributed by atoms with Crippen molar-refractivity contribution in [2.75, 3.05) is 27.8 Å². The van der Waals surface area contributed by atoms with E-state index in [4.69, 9.17) is 9.47 Å². The molecule has 0 aromatic heterocycles. The van der Waals surface area contributed by atoms with Crippen LogP contribution < -0.4 is 9.47 Å². The summed E-state index contributed by atoms with van der Waals surface area (Å²) in [5, 5.41) is 9.27. The number of methoxy groups -OCH3 is 2. The largest absolute Gasteiger partial charge is 0.493 e. The molecule has 0 radical (unpaired) electrons. The normalized spacial score (nSPS) is 11.6. The molecule has 0 bridgehead atoms. The van der Waals surface area contributed by atoms with E-state index in [2.05, 4.69) is 0 Å². The van der Waals surface area contributed by atoms with E-state index in [-0.39, 0.29) is 12.3 Å². The zero-order valence-corrected chi connectivity index (χ0v) is 17.5. The third-order valence-electron chi connectivity index (χ3n) is 4.89. The van der Waals surface area contributed by atoms with E-state index < -0.39 is 11.9 Å². The fourth-order valence-electron chi connectivity index (χ4n) is 3.34. The fraction of sp³-hybridized carbons (Fsp3) is 0.391. The summed E-state index contributed by atoms with van der Waals surface area (Å²) in [5.74, 6) is -0.425. The van der Waals surface area contributed by atoms with Crippen LogP contribution in [0.5, 0.6) is 11.5 Å². The molecule has 1 amide bonds. The summed E-state index contributed by atoms with van der Waals surface area (Å²) < 4.78 is 10.6. The zero-order chi connectivity index (χ0) is 21.4. The highest BCUT2D eigenvalue weighted by atomic mass is 16.5. The number of rotatable bonds is 10. The molecule has 1 atom stereocenters. The Morgan fingerprint density at radius 1 is 1.03 bits per heavy atom. The lowest BCUT2D eigenvalue weighted by Crippen LogP contribution is -2.36. The van der Waals surface area contributed by atoms with Gasteiger partial charge in [0, 0.05) is 13.6 Å². The van der Waals surface area contributed by atoms with Crippen LogP contribution in [0.15, 0.2) is 42.5 Å². The Bertz CT molecular complexity index is 849. The maximum Gasteiger partial charge on any atom is 0.304 e. The number of aliphatic carboxylic acids is 1. The van der Waals surface area contributed by atoms with Crippen LogP contribution >= 0.6 is 0 Å². The van der Waals surface area contributed by atoms with Gasteiger partial charge >= 0.3 is 5.97 Å². The second kappa shape index (κ2) is 10.5. The van der Waals surface area contributed by atoms with Crippen molar-refractivity contribution in [1.82, 2.24) is 4.90 Å². The summed E-state index contributed by atoms with van der Waals surface area (Å²) in [6, 6.07) is 13.5. The first kappa shape index (κ1) is 22.3. The monoisotopic (exact) mass is 399 g/mol. The third kappa shape index (κ3) is 6.52. The van der Waals surface area contributed by atoms with Crippen molar-refractivity contribution in [1.29, 1.82) is 0 Å². The molecular weight excluding hydrogens is 370 g/mol. The van der Waals surface area contributed by atoms with Crippen molar-refractivity contribution in [2.24, 2.45) is 5.92 Å². The maximum atomic E-state index is 12.9. The Hall–Kier alpha value is -3.02. The average Bonchev–Trinajstić information content (AvgIpc) is 2.70. The highest BCUT2D eigenvalue weighted by Gasteiger charge is 2.25. The first-order chi connectivity index (χ1) is 13.8. The lowest BCUT2D eigenvalue weighted by atomic mass is 9.94. The number of likely N-dealkylation sites (N-methyl/N-ethyl adjacent to an activating group) is 1. The van der Waals surface area contributed by atoms with Crippen LogP contribution in [0.3, 0.4) is 0 Å². The van der Waals surface area contributed by atoms with Gasteiger partial charge in [0.1, 0.15) is 0 Å². The van der Waals surface area contributed by atoms with Crippen LogP contribution in [0, 0.1) is 12.8 Å². The molecule has 0 fully saturated rings. The van der Waals surface area contributed by atoms with E-state index in [0.717, 1.165) is 16.7 Å². The number of hydrogen-bond donors (Lipinski definition) is 1. The lowest BCUT2D eigenvalue weighted by molar-refractivity contribution is -0.144. The number of nitrogens with zero attached hydrogens (tertiary/aromatic N) is 1. The van der Waals surface area contributed by atoms with Crippen LogP contribution in [0.1, 0.15) is 23.1 Å². The van der Waals surface area contributed by atoms with Gasteiger partial charge in [0.15, 0.2) is 11.5 Å². The van der Waals surface area contributed by atoms with Crippen molar-refractivity contribution in [3.8, 4) is 11.5 Å². The second-order valence-electron chi connectivity index (χ2n) is 7.19. The summed E-state index contributed by atoms with van der Waals surface area (Å²) in [5.41, 5.74) is 3.07. The van der Waals surface area contributed by atoms with Gasteiger partial charge in [-0.05, 0) is 43.0 Å². The van der Waals surface area contributed by atoms with Crippen molar-refractivity contribution in [2.45, 2.75) is 26.2 Å². The number of aryl methyl sites for hydroxylation is 1. The van der Waals surface area contributed by atoms with Gasteiger partial charge in [-0.25, -0.2) is 0 Å². The number of carbonyl (C=O) groups is 2. The highest BCUT2D eigenvalue weighted by Crippen LogP contribution is 2.27. The number of benzene rings is 2. The second-order valence-corrected chi connectivity index (χ2v) is 7.19. The molecule has 0 spiro atoms. The number of carbonyl (C=O) groups excluding carboxylic acids is 1. The molecule has 2 rings (SSSR count). The van der Waals surface area contributed by atoms with Gasteiger partial charge in [-0.2, -0.15) is 0 Å². The molecule has 29 heavy (non-hydrogen) atoms. The van der Waals surface area contributed by atoms with Gasteiger partial charge in [-0.3, -0.25) is 9.59 Å². The van der Waals surface area contributed by atoms with Gasteiger partial charge in [-0.15, -0.1) is 0 Å². The molecule has 1 unspecified atom stereocenters. The molecule has 0 saturated heterocycles. The van der Waals surface area contributed by atoms with Crippen molar-refractivity contribution in [3.05, 3.63) is 59.2 Å². The van der Waals surface area contributed by atoms with Crippen molar-refractivity contribution < 1.29 is 24.2 Å². The first-order valence-electron chi connectivity index (χ1n) is 9.57. The Labute approximate surface area is 172 Å². The smallest absolute Gasteiger partial charge is 0.304 e. The van der Waals surface area contributed by atoms with E-state index in [0.29, 0.717) is 30.9 Å². The van der Waals surface area contributed by atoms with Crippen LogP contribution in [-0.2, 0) is 22.4 Å². The lowest BCUT2D eigenvalue weighted by Gasteiger charge is -2.23. The molecular formula is C23H29NO5. The number of carboxylic acid groups (broad SMARTS) is 1. The van der Waals surface area contributed by atoms with Gasteiger partial charge in [0.2, 0.25) is 5.91 Å². The Morgan fingerprint density at radius 2 is 1.76 bits per heavy atom. The molecule has 6 nitrogen and oxygen atoms in total. The summed E-state index contributed by atoms with van der Waals surface area (Å²) in [4.78, 5) is 25.8. The average molecular weight is 399 g/mol. The molecule has 2 aromatic rings. The molecule has 6 heteroatoms. The van der Waals surface area contributed by atoms with E-state index in [1.807, 2.05) is 49.4 Å². The van der Waals surface area contributed by atoms with Crippen LogP contribution in [0.25, 0.3) is 0 Å². The molecule has 2 aromatic carbocycles. The van der Waals surface area contributed by atoms with Gasteiger partial charge < -0.3 is 19.5 Å².